The molecule has 0 amide bonds. The zero-order valence-corrected chi connectivity index (χ0v) is 12.3. The van der Waals surface area contributed by atoms with E-state index in [2.05, 4.69) is 24.3 Å². The number of hydrogen-bond acceptors (Lipinski definition) is 2. The normalized spacial score (nSPS) is 12.4. The van der Waals surface area contributed by atoms with Gasteiger partial charge in [-0.05, 0) is 36.2 Å². The number of allylic oxidation sites excluding steroid dienone is 1. The Morgan fingerprint density at radius 1 is 1.05 bits per heavy atom. The summed E-state index contributed by atoms with van der Waals surface area (Å²) in [7, 11) is 0.667. The zero-order valence-electron chi connectivity index (χ0n) is 11.5. The van der Waals surface area contributed by atoms with Gasteiger partial charge in [0.2, 0.25) is 0 Å². The van der Waals surface area contributed by atoms with Crippen molar-refractivity contribution in [2.45, 2.75) is 11.3 Å². The Morgan fingerprint density at radius 3 is 2.40 bits per heavy atom. The van der Waals surface area contributed by atoms with E-state index < -0.39 is 10.8 Å². The molecule has 0 aliphatic carbocycles. The zero-order chi connectivity index (χ0) is 14.2. The van der Waals surface area contributed by atoms with Crippen LogP contribution in [0, 0.1) is 0 Å². The summed E-state index contributed by atoms with van der Waals surface area (Å²) in [5, 5.41) is 0. The van der Waals surface area contributed by atoms with Crippen molar-refractivity contribution >= 4 is 16.9 Å². The van der Waals surface area contributed by atoms with Gasteiger partial charge in [0.25, 0.3) is 0 Å². The molecule has 0 aromatic heterocycles. The molecular formula is C17H18O2S. The molecule has 2 rings (SSSR count). The third kappa shape index (κ3) is 4.35. The van der Waals surface area contributed by atoms with E-state index in [9.17, 15) is 4.21 Å². The van der Waals surface area contributed by atoms with Crippen molar-refractivity contribution in [3.8, 4) is 5.75 Å². The second-order valence-electron chi connectivity index (χ2n) is 4.33. The van der Waals surface area contributed by atoms with Crippen molar-refractivity contribution in [1.29, 1.82) is 0 Å². The summed E-state index contributed by atoms with van der Waals surface area (Å²) in [5.74, 6) is 1.42. The first-order valence-corrected chi connectivity index (χ1v) is 7.85. The lowest BCUT2D eigenvalue weighted by molar-refractivity contribution is 0.414. The smallest absolute Gasteiger partial charge is 0.118 e. The molecular weight excluding hydrogens is 268 g/mol. The Kier molecular flexibility index (Phi) is 5.56. The molecule has 1 unspecified atom stereocenters. The minimum absolute atomic E-state index is 0.635. The summed E-state index contributed by atoms with van der Waals surface area (Å²) in [4.78, 5) is 0.846. The third-order valence-corrected chi connectivity index (χ3v) is 4.31. The van der Waals surface area contributed by atoms with Crippen LogP contribution in [0.5, 0.6) is 5.75 Å². The Hall–Kier alpha value is -1.87. The van der Waals surface area contributed by atoms with Crippen molar-refractivity contribution in [3.05, 3.63) is 66.2 Å². The Bertz CT molecular complexity index is 574. The summed E-state index contributed by atoms with van der Waals surface area (Å²) in [5.41, 5.74) is 1.17. The summed E-state index contributed by atoms with van der Waals surface area (Å²) in [6, 6.07) is 17.5. The van der Waals surface area contributed by atoms with Gasteiger partial charge >= 0.3 is 0 Å². The molecule has 2 aromatic rings. The van der Waals surface area contributed by atoms with E-state index >= 15 is 0 Å². The molecule has 0 radical (unpaired) electrons. The largest absolute Gasteiger partial charge is 0.497 e. The summed E-state index contributed by atoms with van der Waals surface area (Å²) in [6.45, 7) is 0. The average Bonchev–Trinajstić information content (AvgIpc) is 2.52. The highest BCUT2D eigenvalue weighted by atomic mass is 32.2. The number of ether oxygens (including phenoxy) is 1. The molecule has 3 heteroatoms. The monoisotopic (exact) mass is 286 g/mol. The van der Waals surface area contributed by atoms with Crippen LogP contribution in [0.3, 0.4) is 0 Å². The second kappa shape index (κ2) is 7.65. The number of hydrogen-bond donors (Lipinski definition) is 0. The predicted octanol–water partition coefficient (Wildman–Crippen LogP) is 3.91. The van der Waals surface area contributed by atoms with Crippen molar-refractivity contribution in [2.24, 2.45) is 0 Å². The maximum absolute atomic E-state index is 12.1. The molecule has 2 aromatic carbocycles. The molecule has 104 valence electrons. The first-order valence-electron chi connectivity index (χ1n) is 6.53. The van der Waals surface area contributed by atoms with Crippen LogP contribution in [0.2, 0.25) is 0 Å². The Labute approximate surface area is 122 Å². The molecule has 0 aliphatic heterocycles. The van der Waals surface area contributed by atoms with Gasteiger partial charge in [0, 0.05) is 10.6 Å². The molecule has 0 heterocycles. The van der Waals surface area contributed by atoms with Crippen molar-refractivity contribution < 1.29 is 8.95 Å². The maximum Gasteiger partial charge on any atom is 0.118 e. The van der Waals surface area contributed by atoms with E-state index in [0.717, 1.165) is 17.1 Å². The van der Waals surface area contributed by atoms with E-state index in [0.29, 0.717) is 5.75 Å². The fraction of sp³-hybridized carbons (Fsp3) is 0.176. The molecule has 0 saturated carbocycles. The molecule has 20 heavy (non-hydrogen) atoms. The van der Waals surface area contributed by atoms with E-state index in [1.54, 1.807) is 7.11 Å². The van der Waals surface area contributed by atoms with Gasteiger partial charge in [0.15, 0.2) is 0 Å². The summed E-state index contributed by atoms with van der Waals surface area (Å²) >= 11 is 0. The lowest BCUT2D eigenvalue weighted by Gasteiger charge is -2.02. The van der Waals surface area contributed by atoms with Gasteiger partial charge in [-0.25, -0.2) is 0 Å². The molecule has 0 N–H and O–H groups in total. The van der Waals surface area contributed by atoms with Crippen molar-refractivity contribution in [1.82, 2.24) is 0 Å². The molecule has 0 aliphatic rings. The van der Waals surface area contributed by atoms with E-state index in [-0.39, 0.29) is 0 Å². The number of methoxy groups -OCH3 is 1. The molecule has 0 bridgehead atoms. The van der Waals surface area contributed by atoms with Gasteiger partial charge < -0.3 is 4.74 Å². The molecule has 2 nitrogen and oxygen atoms in total. The van der Waals surface area contributed by atoms with Crippen LogP contribution in [-0.4, -0.2) is 17.1 Å². The molecule has 0 fully saturated rings. The molecule has 0 saturated heterocycles. The van der Waals surface area contributed by atoms with E-state index in [4.69, 9.17) is 4.74 Å². The SMILES string of the molecule is COc1ccc(S(=O)CC/C=C\c2ccccc2)cc1. The summed E-state index contributed by atoms with van der Waals surface area (Å²) in [6.07, 6.45) is 4.93. The topological polar surface area (TPSA) is 26.3 Å². The fourth-order valence-electron chi connectivity index (χ4n) is 1.80. The quantitative estimate of drug-likeness (QED) is 0.805. The van der Waals surface area contributed by atoms with Crippen LogP contribution >= 0.6 is 0 Å². The Morgan fingerprint density at radius 2 is 1.75 bits per heavy atom. The predicted molar refractivity (Wildman–Crippen MR) is 84.4 cm³/mol. The molecule has 0 spiro atoms. The fourth-order valence-corrected chi connectivity index (χ4v) is 2.83. The minimum Gasteiger partial charge on any atom is -0.497 e. The molecule has 1 atom stereocenters. The van der Waals surface area contributed by atoms with Crippen LogP contribution in [-0.2, 0) is 10.8 Å². The maximum atomic E-state index is 12.1. The van der Waals surface area contributed by atoms with Gasteiger partial charge in [-0.1, -0.05) is 42.5 Å². The van der Waals surface area contributed by atoms with E-state index in [1.807, 2.05) is 42.5 Å². The van der Waals surface area contributed by atoms with Gasteiger partial charge in [-0.3, -0.25) is 4.21 Å². The lowest BCUT2D eigenvalue weighted by atomic mass is 10.2. The van der Waals surface area contributed by atoms with Crippen LogP contribution in [0.25, 0.3) is 6.08 Å². The average molecular weight is 286 g/mol. The van der Waals surface area contributed by atoms with Gasteiger partial charge in [-0.2, -0.15) is 0 Å². The van der Waals surface area contributed by atoms with E-state index in [1.165, 1.54) is 5.56 Å². The number of rotatable bonds is 6. The highest BCUT2D eigenvalue weighted by Gasteiger charge is 2.02. The van der Waals surface area contributed by atoms with Crippen LogP contribution in [0.1, 0.15) is 12.0 Å². The second-order valence-corrected chi connectivity index (χ2v) is 5.90. The Balaban J connectivity index is 1.84. The third-order valence-electron chi connectivity index (χ3n) is 2.90. The van der Waals surface area contributed by atoms with Gasteiger partial charge in [0.05, 0.1) is 17.9 Å². The first kappa shape index (κ1) is 14.5. The lowest BCUT2D eigenvalue weighted by Crippen LogP contribution is -1.96. The van der Waals surface area contributed by atoms with Gasteiger partial charge in [0.1, 0.15) is 5.75 Å². The highest BCUT2D eigenvalue weighted by Crippen LogP contribution is 2.15. The summed E-state index contributed by atoms with van der Waals surface area (Å²) < 4.78 is 17.2. The van der Waals surface area contributed by atoms with Crippen molar-refractivity contribution in [2.75, 3.05) is 12.9 Å². The van der Waals surface area contributed by atoms with Crippen LogP contribution in [0.4, 0.5) is 0 Å². The van der Waals surface area contributed by atoms with Crippen LogP contribution < -0.4 is 4.74 Å². The first-order chi connectivity index (χ1) is 9.79. The van der Waals surface area contributed by atoms with Crippen molar-refractivity contribution in [3.63, 3.8) is 0 Å². The van der Waals surface area contributed by atoms with Gasteiger partial charge in [-0.15, -0.1) is 0 Å². The minimum atomic E-state index is -0.958. The highest BCUT2D eigenvalue weighted by molar-refractivity contribution is 7.85. The van der Waals surface area contributed by atoms with Crippen LogP contribution in [0.15, 0.2) is 65.6 Å². The standard InChI is InChI=1S/C17H18O2S/c1-19-16-10-12-17(13-11-16)20(18)14-6-5-9-15-7-3-2-4-8-15/h2-5,7-13H,6,14H2,1H3/b9-5-. The number of benzene rings is 2.